The van der Waals surface area contributed by atoms with Crippen LogP contribution < -0.4 is 0 Å². The molecule has 0 amide bonds. The molecule has 0 rings (SSSR count). The first-order valence-corrected chi connectivity index (χ1v) is 4.83. The molecule has 2 atom stereocenters. The monoisotopic (exact) mass is 219 g/mol. The molecule has 0 aromatic rings. The second-order valence-corrected chi connectivity index (χ2v) is 3.65. The van der Waals surface area contributed by atoms with Gasteiger partial charge in [0.2, 0.25) is 0 Å². The summed E-state index contributed by atoms with van der Waals surface area (Å²) < 4.78 is 14.0. The van der Waals surface area contributed by atoms with E-state index in [1.807, 2.05) is 0 Å². The fourth-order valence-corrected chi connectivity index (χ4v) is 0.882. The van der Waals surface area contributed by atoms with Gasteiger partial charge < -0.3 is 20.0 Å². The zero-order chi connectivity index (χ0) is 10.6. The van der Waals surface area contributed by atoms with Crippen molar-refractivity contribution in [3.63, 3.8) is 0 Å². The van der Waals surface area contributed by atoms with Gasteiger partial charge in [0.05, 0.1) is 6.61 Å². The summed E-state index contributed by atoms with van der Waals surface area (Å²) in [7, 11) is -4.67. The average Bonchev–Trinajstić information content (AvgIpc) is 1.97. The molecular formula is C5H11O7P. The molecule has 0 aromatic carbocycles. The summed E-state index contributed by atoms with van der Waals surface area (Å²) in [5, 5.41) is 17.8. The van der Waals surface area contributed by atoms with Crippen molar-refractivity contribution < 1.29 is 33.9 Å². The maximum absolute atomic E-state index is 10.5. The lowest BCUT2D eigenvalue weighted by Gasteiger charge is -2.15. The molecule has 0 saturated heterocycles. The Labute approximate surface area is 74.2 Å². The van der Waals surface area contributed by atoms with Gasteiger partial charge >= 0.3 is 7.82 Å². The average molecular weight is 219 g/mol. The number of phosphoric acid groups is 1. The van der Waals surface area contributed by atoms with Crippen LogP contribution in [-0.4, -0.2) is 44.6 Å². The highest BCUT2D eigenvalue weighted by molar-refractivity contribution is 7.46. The first-order valence-electron chi connectivity index (χ1n) is 3.30. The van der Waals surface area contributed by atoms with Gasteiger partial charge in [0, 0.05) is 0 Å². The van der Waals surface area contributed by atoms with Crippen LogP contribution in [0, 0.1) is 0 Å². The van der Waals surface area contributed by atoms with E-state index in [2.05, 4.69) is 4.52 Å². The van der Waals surface area contributed by atoms with Gasteiger partial charge in [-0.25, -0.2) is 4.57 Å². The third-order valence-corrected chi connectivity index (χ3v) is 1.68. The van der Waals surface area contributed by atoms with Crippen LogP contribution in [0.1, 0.15) is 6.92 Å². The minimum Gasteiger partial charge on any atom is -0.388 e. The van der Waals surface area contributed by atoms with Crippen molar-refractivity contribution in [3.05, 3.63) is 0 Å². The van der Waals surface area contributed by atoms with E-state index in [4.69, 9.17) is 20.0 Å². The van der Waals surface area contributed by atoms with Crippen molar-refractivity contribution in [2.24, 2.45) is 0 Å². The molecule has 0 aliphatic carbocycles. The highest BCUT2D eigenvalue weighted by atomic mass is 31.2. The number of Topliss-reactive ketones (excluding diaryl/α,β-unsaturated/α-hetero) is 1. The first kappa shape index (κ1) is 12.7. The minimum absolute atomic E-state index is 0.707. The number of hydrogen-bond acceptors (Lipinski definition) is 5. The summed E-state index contributed by atoms with van der Waals surface area (Å²) in [4.78, 5) is 26.8. The predicted molar refractivity (Wildman–Crippen MR) is 40.7 cm³/mol. The molecule has 0 aliphatic rings. The Balaban J connectivity index is 3.95. The van der Waals surface area contributed by atoms with Gasteiger partial charge in [0.15, 0.2) is 5.78 Å². The molecule has 0 heterocycles. The van der Waals surface area contributed by atoms with Gasteiger partial charge in [-0.1, -0.05) is 0 Å². The van der Waals surface area contributed by atoms with Crippen LogP contribution in [0.15, 0.2) is 0 Å². The quantitative estimate of drug-likeness (QED) is 0.324. The molecule has 4 N–H and O–H groups in total. The van der Waals surface area contributed by atoms with E-state index in [9.17, 15) is 9.36 Å². The summed E-state index contributed by atoms with van der Waals surface area (Å²) >= 11 is 0. The number of carbonyl (C=O) groups excluding carboxylic acids is 1. The number of phosphoric ester groups is 1. The van der Waals surface area contributed by atoms with Gasteiger partial charge in [-0.05, 0) is 6.92 Å². The van der Waals surface area contributed by atoms with Crippen molar-refractivity contribution in [1.82, 2.24) is 0 Å². The second kappa shape index (κ2) is 4.80. The van der Waals surface area contributed by atoms with Crippen LogP contribution in [0.5, 0.6) is 0 Å². The van der Waals surface area contributed by atoms with Gasteiger partial charge in [-0.2, -0.15) is 0 Å². The van der Waals surface area contributed by atoms with E-state index < -0.39 is 32.4 Å². The Bertz CT molecular complexity index is 221. The lowest BCUT2D eigenvalue weighted by molar-refractivity contribution is -0.132. The van der Waals surface area contributed by atoms with E-state index in [0.717, 1.165) is 6.92 Å². The molecule has 0 bridgehead atoms. The van der Waals surface area contributed by atoms with Crippen molar-refractivity contribution in [1.29, 1.82) is 0 Å². The van der Waals surface area contributed by atoms with Crippen LogP contribution in [0.2, 0.25) is 0 Å². The minimum atomic E-state index is -4.67. The Morgan fingerprint density at radius 1 is 1.46 bits per heavy atom. The van der Waals surface area contributed by atoms with Crippen LogP contribution in [0.3, 0.4) is 0 Å². The molecule has 0 saturated carbocycles. The summed E-state index contributed by atoms with van der Waals surface area (Å²) in [5.74, 6) is -0.707. The van der Waals surface area contributed by atoms with Crippen molar-refractivity contribution in [3.8, 4) is 0 Å². The van der Waals surface area contributed by atoms with E-state index in [1.165, 1.54) is 0 Å². The Morgan fingerprint density at radius 2 is 1.92 bits per heavy atom. The van der Waals surface area contributed by atoms with E-state index in [-0.39, 0.29) is 0 Å². The lowest BCUT2D eigenvalue weighted by Crippen LogP contribution is -2.35. The second-order valence-electron chi connectivity index (χ2n) is 2.41. The molecule has 8 heteroatoms. The molecule has 0 spiro atoms. The topological polar surface area (TPSA) is 124 Å². The smallest absolute Gasteiger partial charge is 0.388 e. The fourth-order valence-electron chi connectivity index (χ4n) is 0.536. The van der Waals surface area contributed by atoms with Crippen molar-refractivity contribution in [2.75, 3.05) is 6.61 Å². The highest BCUT2D eigenvalue weighted by Crippen LogP contribution is 2.35. The lowest BCUT2D eigenvalue weighted by atomic mass is 11.1. The normalized spacial score (nSPS) is 16.7. The molecule has 0 radical (unpaired) electrons. The largest absolute Gasteiger partial charge is 0.469 e. The third-order valence-electron chi connectivity index (χ3n) is 1.19. The number of ketones is 1. The van der Waals surface area contributed by atoms with Crippen LogP contribution in [0.4, 0.5) is 0 Å². The summed E-state index contributed by atoms with van der Waals surface area (Å²) in [6.07, 6.45) is -3.32. The van der Waals surface area contributed by atoms with Gasteiger partial charge in [0.25, 0.3) is 0 Å². The number of aliphatic hydroxyl groups is 2. The molecule has 0 aromatic heterocycles. The summed E-state index contributed by atoms with van der Waals surface area (Å²) in [6, 6.07) is 0. The summed E-state index contributed by atoms with van der Waals surface area (Å²) in [5.41, 5.74) is 0. The molecule has 0 aliphatic heterocycles. The van der Waals surface area contributed by atoms with Crippen LogP contribution >= 0.6 is 7.82 Å². The molecule has 78 valence electrons. The standard InChI is InChI=1S/C5H11O7P/c1-3(6)5(8)4(7)2-12-13(9,10)11/h4-5,7-8H,2H2,1H3,(H2,9,10,11)/t4-,5-/m0/s1/i1+1,2+1,3+1,4+1,5+1. The van der Waals surface area contributed by atoms with Gasteiger partial charge in [-0.3, -0.25) is 9.32 Å². The SMILES string of the molecule is [13CH3][13C](=O)[13C@H](O)[13C@@H](O)[13CH2]OP(=O)(O)O. The maximum atomic E-state index is 10.5. The van der Waals surface area contributed by atoms with Crippen LogP contribution in [-0.2, 0) is 13.9 Å². The Morgan fingerprint density at radius 3 is 2.23 bits per heavy atom. The van der Waals surface area contributed by atoms with E-state index in [1.54, 1.807) is 0 Å². The number of carbonyl (C=O) groups is 1. The number of aliphatic hydroxyl groups excluding tert-OH is 2. The van der Waals surface area contributed by atoms with E-state index >= 15 is 0 Å². The predicted octanol–water partition coefficient (Wildman–Crippen LogP) is -1.59. The number of rotatable bonds is 5. The zero-order valence-corrected chi connectivity index (χ0v) is 7.72. The molecule has 0 unspecified atom stereocenters. The molecule has 7 nitrogen and oxygen atoms in total. The van der Waals surface area contributed by atoms with E-state index in [0.29, 0.717) is 0 Å². The number of hydrogen-bond donors (Lipinski definition) is 4. The first-order chi connectivity index (χ1) is 5.74. The van der Waals surface area contributed by atoms with Gasteiger partial charge in [0.1, 0.15) is 12.2 Å². The molecule has 13 heavy (non-hydrogen) atoms. The Kier molecular flexibility index (Phi) is 4.69. The van der Waals surface area contributed by atoms with Crippen LogP contribution in [0.25, 0.3) is 0 Å². The third kappa shape index (κ3) is 5.87. The summed E-state index contributed by atoms with van der Waals surface area (Å²) in [6.45, 7) is 0.233. The molecular weight excluding hydrogens is 208 g/mol. The molecule has 0 fully saturated rings. The maximum Gasteiger partial charge on any atom is 0.469 e. The zero-order valence-electron chi connectivity index (χ0n) is 6.82. The van der Waals surface area contributed by atoms with Crippen molar-refractivity contribution >= 4 is 13.6 Å². The van der Waals surface area contributed by atoms with Crippen molar-refractivity contribution in [2.45, 2.75) is 19.1 Å². The van der Waals surface area contributed by atoms with Gasteiger partial charge in [-0.15, -0.1) is 0 Å². The fraction of sp³-hybridized carbons (Fsp3) is 0.800. The Hall–Kier alpha value is -0.300. The highest BCUT2D eigenvalue weighted by Gasteiger charge is 2.24.